The van der Waals surface area contributed by atoms with Gasteiger partial charge < -0.3 is 14.5 Å². The summed E-state index contributed by atoms with van der Waals surface area (Å²) in [4.78, 5) is 14.8. The predicted molar refractivity (Wildman–Crippen MR) is 87.0 cm³/mol. The maximum atomic E-state index is 12.6. The van der Waals surface area contributed by atoms with Crippen molar-refractivity contribution >= 4 is 33.3 Å². The molecule has 25 heavy (non-hydrogen) atoms. The molecule has 0 saturated heterocycles. The fourth-order valence-corrected chi connectivity index (χ4v) is 3.11. The van der Waals surface area contributed by atoms with Crippen molar-refractivity contribution < 1.29 is 27.1 Å². The number of rotatable bonds is 4. The van der Waals surface area contributed by atoms with Crippen LogP contribution in [0.1, 0.15) is 16.0 Å². The average molecular weight is 370 g/mol. The maximum absolute atomic E-state index is 12.6. The van der Waals surface area contributed by atoms with Crippen molar-refractivity contribution in [2.75, 3.05) is 12.4 Å². The van der Waals surface area contributed by atoms with Gasteiger partial charge >= 0.3 is 6.18 Å². The van der Waals surface area contributed by atoms with Gasteiger partial charge in [0.1, 0.15) is 4.88 Å². The molecule has 1 amide bonds. The second kappa shape index (κ2) is 6.40. The van der Waals surface area contributed by atoms with E-state index in [4.69, 9.17) is 9.15 Å². The lowest BCUT2D eigenvalue weighted by atomic mass is 10.1. The highest BCUT2D eigenvalue weighted by atomic mass is 32.1. The minimum Gasteiger partial charge on any atom is -0.493 e. The number of nitrogens with zero attached hydrogens (tertiary/aromatic N) is 1. The maximum Gasteiger partial charge on any atom is 0.427 e. The van der Waals surface area contributed by atoms with E-state index in [0.717, 1.165) is 5.56 Å². The fourth-order valence-electron chi connectivity index (χ4n) is 2.41. The number of carbonyl (C=O) groups excluding carboxylic acids is 1. The molecule has 0 aliphatic rings. The highest BCUT2D eigenvalue weighted by Gasteiger charge is 2.33. The first-order chi connectivity index (χ1) is 11.8. The van der Waals surface area contributed by atoms with Gasteiger partial charge in [0, 0.05) is 10.9 Å². The van der Waals surface area contributed by atoms with Crippen molar-refractivity contribution in [3.8, 4) is 5.75 Å². The van der Waals surface area contributed by atoms with Crippen molar-refractivity contribution in [2.24, 2.45) is 0 Å². The summed E-state index contributed by atoms with van der Waals surface area (Å²) in [7, 11) is 1.53. The number of methoxy groups -OCH3 is 1. The lowest BCUT2D eigenvalue weighted by molar-refractivity contribution is -0.134. The zero-order chi connectivity index (χ0) is 18.2. The van der Waals surface area contributed by atoms with Crippen LogP contribution in [0.4, 0.5) is 18.3 Å². The van der Waals surface area contributed by atoms with Gasteiger partial charge in [-0.2, -0.15) is 13.2 Å². The third-order valence-corrected chi connectivity index (χ3v) is 4.52. The molecule has 0 saturated carbocycles. The number of ether oxygens (including phenoxy) is 1. The molecule has 0 atom stereocenters. The molecule has 0 aliphatic heterocycles. The summed E-state index contributed by atoms with van der Waals surface area (Å²) in [5.41, 5.74) is 2.03. The average Bonchev–Trinajstić information content (AvgIpc) is 3.14. The topological polar surface area (TPSA) is 64.4 Å². The number of nitrogens with one attached hydrogen (secondary N) is 1. The van der Waals surface area contributed by atoms with Gasteiger partial charge in [0.2, 0.25) is 5.91 Å². The molecule has 5 nitrogen and oxygen atoms in total. The van der Waals surface area contributed by atoms with E-state index in [9.17, 15) is 18.0 Å². The van der Waals surface area contributed by atoms with E-state index < -0.39 is 17.0 Å². The van der Waals surface area contributed by atoms with Crippen molar-refractivity contribution in [2.45, 2.75) is 19.5 Å². The second-order valence-corrected chi connectivity index (χ2v) is 6.34. The summed E-state index contributed by atoms with van der Waals surface area (Å²) in [5.74, 6) is 0.101. The largest absolute Gasteiger partial charge is 0.493 e. The number of amides is 1. The highest BCUT2D eigenvalue weighted by molar-refractivity contribution is 7.15. The van der Waals surface area contributed by atoms with Gasteiger partial charge in [-0.1, -0.05) is 23.5 Å². The molecule has 0 bridgehead atoms. The predicted octanol–water partition coefficient (Wildman–Crippen LogP) is 4.41. The van der Waals surface area contributed by atoms with Crippen LogP contribution in [0, 0.1) is 6.92 Å². The Morgan fingerprint density at radius 2 is 2.16 bits per heavy atom. The molecule has 9 heteroatoms. The van der Waals surface area contributed by atoms with Crippen LogP contribution in [0.3, 0.4) is 0 Å². The van der Waals surface area contributed by atoms with E-state index in [1.54, 1.807) is 0 Å². The molecule has 2 aromatic heterocycles. The number of benzene rings is 1. The Morgan fingerprint density at radius 3 is 2.80 bits per heavy atom. The van der Waals surface area contributed by atoms with Crippen molar-refractivity contribution in [3.63, 3.8) is 0 Å². The molecule has 2 heterocycles. The molecule has 3 aromatic rings. The second-order valence-electron chi connectivity index (χ2n) is 5.31. The van der Waals surface area contributed by atoms with Crippen molar-refractivity contribution in [1.82, 2.24) is 4.98 Å². The summed E-state index contributed by atoms with van der Waals surface area (Å²) in [6, 6.07) is 3.65. The standard InChI is InChI=1S/C16H13F3N2O3S/c1-8-3-4-10-9(7-24-14(10)13(8)23-2)5-12(22)21-15-20-6-11(25-15)16(17,18)19/h3-4,6-7H,5H2,1-2H3,(H,20,21,22). The zero-order valence-corrected chi connectivity index (χ0v) is 14.0. The quantitative estimate of drug-likeness (QED) is 0.739. The molecular formula is C16H13F3N2O3S. The van der Waals surface area contributed by atoms with E-state index in [-0.39, 0.29) is 11.6 Å². The normalized spacial score (nSPS) is 11.7. The summed E-state index contributed by atoms with van der Waals surface area (Å²) in [6.45, 7) is 1.87. The van der Waals surface area contributed by atoms with Gasteiger partial charge in [-0.3, -0.25) is 4.79 Å². The van der Waals surface area contributed by atoms with E-state index in [1.807, 2.05) is 19.1 Å². The number of aryl methyl sites for hydroxylation is 1. The first-order valence-electron chi connectivity index (χ1n) is 7.16. The Morgan fingerprint density at radius 1 is 1.40 bits per heavy atom. The van der Waals surface area contributed by atoms with E-state index in [2.05, 4.69) is 10.3 Å². The Kier molecular flexibility index (Phi) is 4.42. The van der Waals surface area contributed by atoms with Crippen LogP contribution in [0.15, 0.2) is 29.0 Å². The van der Waals surface area contributed by atoms with E-state index >= 15 is 0 Å². The Hall–Kier alpha value is -2.55. The van der Waals surface area contributed by atoms with Gasteiger partial charge in [-0.05, 0) is 12.5 Å². The third kappa shape index (κ3) is 3.46. The number of aromatic nitrogens is 1. The first-order valence-corrected chi connectivity index (χ1v) is 7.97. The molecule has 0 aliphatic carbocycles. The minimum atomic E-state index is -4.48. The van der Waals surface area contributed by atoms with Gasteiger partial charge in [-0.15, -0.1) is 0 Å². The van der Waals surface area contributed by atoms with Crippen molar-refractivity contribution in [3.05, 3.63) is 40.6 Å². The minimum absolute atomic E-state index is 0.0554. The Balaban J connectivity index is 1.77. The molecule has 0 radical (unpaired) electrons. The molecule has 1 aromatic carbocycles. The highest BCUT2D eigenvalue weighted by Crippen LogP contribution is 2.35. The van der Waals surface area contributed by atoms with Gasteiger partial charge in [0.15, 0.2) is 16.5 Å². The summed E-state index contributed by atoms with van der Waals surface area (Å²) < 4.78 is 48.5. The molecule has 1 N–H and O–H groups in total. The SMILES string of the molecule is COc1c(C)ccc2c(CC(=O)Nc3ncc(C(F)(F)F)s3)coc12. The molecule has 0 unspecified atom stereocenters. The number of anilines is 1. The fraction of sp³-hybridized carbons (Fsp3) is 0.250. The smallest absolute Gasteiger partial charge is 0.427 e. The number of alkyl halides is 3. The van der Waals surface area contributed by atoms with Gasteiger partial charge in [0.05, 0.1) is 26.0 Å². The number of thiazole rings is 1. The van der Waals surface area contributed by atoms with Crippen LogP contribution < -0.4 is 10.1 Å². The van der Waals surface area contributed by atoms with Crippen LogP contribution in [0.2, 0.25) is 0 Å². The van der Waals surface area contributed by atoms with Crippen LogP contribution in [-0.4, -0.2) is 18.0 Å². The number of hydrogen-bond donors (Lipinski definition) is 1. The van der Waals surface area contributed by atoms with Crippen LogP contribution in [0.25, 0.3) is 11.0 Å². The van der Waals surface area contributed by atoms with E-state index in [1.165, 1.54) is 13.4 Å². The van der Waals surface area contributed by atoms with Gasteiger partial charge in [0.25, 0.3) is 0 Å². The summed E-state index contributed by atoms with van der Waals surface area (Å²) >= 11 is 0.381. The lowest BCUT2D eigenvalue weighted by Gasteiger charge is -2.05. The monoisotopic (exact) mass is 370 g/mol. The van der Waals surface area contributed by atoms with Crippen molar-refractivity contribution in [1.29, 1.82) is 0 Å². The number of fused-ring (bicyclic) bond motifs is 1. The zero-order valence-electron chi connectivity index (χ0n) is 13.2. The van der Waals surface area contributed by atoms with Crippen LogP contribution in [0.5, 0.6) is 5.75 Å². The van der Waals surface area contributed by atoms with E-state index in [0.29, 0.717) is 39.8 Å². The third-order valence-electron chi connectivity index (χ3n) is 3.56. The number of halogens is 3. The Labute approximate surface area is 144 Å². The first kappa shape index (κ1) is 17.3. The number of furan rings is 1. The van der Waals surface area contributed by atoms with Crippen LogP contribution in [-0.2, 0) is 17.4 Å². The molecular weight excluding hydrogens is 357 g/mol. The molecule has 0 spiro atoms. The summed E-state index contributed by atoms with van der Waals surface area (Å²) in [5, 5.41) is 2.99. The number of carbonyl (C=O) groups is 1. The number of hydrogen-bond acceptors (Lipinski definition) is 5. The molecule has 0 fully saturated rings. The molecule has 3 rings (SSSR count). The lowest BCUT2D eigenvalue weighted by Crippen LogP contribution is -2.13. The summed E-state index contributed by atoms with van der Waals surface area (Å²) in [6.07, 6.45) is -2.40. The van der Waals surface area contributed by atoms with Gasteiger partial charge in [-0.25, -0.2) is 4.98 Å². The van der Waals surface area contributed by atoms with Crippen LogP contribution >= 0.6 is 11.3 Å². The Bertz CT molecular complexity index is 930. The molecule has 132 valence electrons.